The van der Waals surface area contributed by atoms with E-state index in [9.17, 15) is 9.59 Å². The molecule has 0 atom stereocenters. The minimum atomic E-state index is 0.150. The molecule has 1 aliphatic rings. The second kappa shape index (κ2) is 8.35. The molecule has 114 valence electrons. The van der Waals surface area contributed by atoms with Crippen LogP contribution in [0.25, 0.3) is 0 Å². The molecule has 0 saturated heterocycles. The van der Waals surface area contributed by atoms with Crippen LogP contribution in [0, 0.1) is 0 Å². The van der Waals surface area contributed by atoms with Crippen LogP contribution in [-0.2, 0) is 17.6 Å². The number of benzene rings is 1. The highest BCUT2D eigenvalue weighted by atomic mass is 32.2. The summed E-state index contributed by atoms with van der Waals surface area (Å²) in [4.78, 5) is 23.5. The Morgan fingerprint density at radius 3 is 2.67 bits per heavy atom. The van der Waals surface area contributed by atoms with Crippen LogP contribution in [0.15, 0.2) is 18.2 Å². The van der Waals surface area contributed by atoms with Gasteiger partial charge in [0.1, 0.15) is 5.78 Å². The first-order valence-electron chi connectivity index (χ1n) is 7.56. The molecule has 0 bridgehead atoms. The van der Waals surface area contributed by atoms with Gasteiger partial charge in [0.15, 0.2) is 5.78 Å². The molecule has 0 amide bonds. The molecule has 4 heteroatoms. The Kier molecular flexibility index (Phi) is 6.46. The van der Waals surface area contributed by atoms with Crippen molar-refractivity contribution in [1.29, 1.82) is 0 Å². The Morgan fingerprint density at radius 1 is 1.10 bits per heavy atom. The molecule has 0 radical (unpaired) electrons. The van der Waals surface area contributed by atoms with Gasteiger partial charge in [-0.3, -0.25) is 9.59 Å². The predicted octanol–water partition coefficient (Wildman–Crippen LogP) is 2.82. The molecule has 0 heterocycles. The topological polar surface area (TPSA) is 54.4 Å². The SMILES string of the molecule is O=C1Cc2ccc(C(=O)CSCCCCCCO)cc2C1. The van der Waals surface area contributed by atoms with Crippen LogP contribution < -0.4 is 0 Å². The summed E-state index contributed by atoms with van der Waals surface area (Å²) in [5, 5.41) is 8.68. The maximum absolute atomic E-state index is 12.1. The molecular formula is C17H22O3S. The number of aliphatic hydroxyl groups is 1. The summed E-state index contributed by atoms with van der Waals surface area (Å²) in [6.45, 7) is 0.270. The van der Waals surface area contributed by atoms with E-state index in [1.807, 2.05) is 18.2 Å². The Morgan fingerprint density at radius 2 is 1.86 bits per heavy atom. The average molecular weight is 306 g/mol. The lowest BCUT2D eigenvalue weighted by atomic mass is 10.0. The third kappa shape index (κ3) is 4.97. The molecule has 0 spiro atoms. The maximum Gasteiger partial charge on any atom is 0.172 e. The van der Waals surface area contributed by atoms with Crippen molar-refractivity contribution >= 4 is 23.3 Å². The van der Waals surface area contributed by atoms with E-state index >= 15 is 0 Å². The highest BCUT2D eigenvalue weighted by Gasteiger charge is 2.19. The number of Topliss-reactive ketones (excluding diaryl/α,β-unsaturated/α-hetero) is 2. The largest absolute Gasteiger partial charge is 0.396 e. The molecule has 1 aromatic carbocycles. The number of carbonyl (C=O) groups is 2. The molecule has 0 fully saturated rings. The fourth-order valence-corrected chi connectivity index (χ4v) is 3.45. The summed E-state index contributed by atoms with van der Waals surface area (Å²) >= 11 is 1.67. The quantitative estimate of drug-likeness (QED) is 0.563. The van der Waals surface area contributed by atoms with Crippen molar-refractivity contribution in [3.05, 3.63) is 34.9 Å². The molecule has 0 unspecified atom stereocenters. The van der Waals surface area contributed by atoms with Crippen molar-refractivity contribution in [2.75, 3.05) is 18.1 Å². The summed E-state index contributed by atoms with van der Waals surface area (Å²) < 4.78 is 0. The van der Waals surface area contributed by atoms with Crippen LogP contribution >= 0.6 is 11.8 Å². The number of rotatable bonds is 9. The number of unbranched alkanes of at least 4 members (excludes halogenated alkanes) is 3. The molecule has 2 rings (SSSR count). The standard InChI is InChI=1S/C17H22O3S/c18-7-3-1-2-4-8-21-12-17(20)14-6-5-13-10-16(19)11-15(13)9-14/h5-6,9,18H,1-4,7-8,10-12H2. The van der Waals surface area contributed by atoms with E-state index in [2.05, 4.69) is 0 Å². The fourth-order valence-electron chi connectivity index (χ4n) is 2.54. The summed E-state index contributed by atoms with van der Waals surface area (Å²) in [6.07, 6.45) is 5.14. The highest BCUT2D eigenvalue weighted by Crippen LogP contribution is 2.21. The smallest absolute Gasteiger partial charge is 0.172 e. The molecule has 3 nitrogen and oxygen atoms in total. The number of thioether (sulfide) groups is 1. The van der Waals surface area contributed by atoms with E-state index < -0.39 is 0 Å². The molecule has 0 aromatic heterocycles. The van der Waals surface area contributed by atoms with Gasteiger partial charge in [-0.25, -0.2) is 0 Å². The first-order valence-corrected chi connectivity index (χ1v) is 8.71. The van der Waals surface area contributed by atoms with Gasteiger partial charge in [-0.1, -0.05) is 25.0 Å². The number of ketones is 2. The van der Waals surface area contributed by atoms with E-state index in [4.69, 9.17) is 5.11 Å². The summed E-state index contributed by atoms with van der Waals surface area (Å²) in [5.41, 5.74) is 2.84. The summed E-state index contributed by atoms with van der Waals surface area (Å²) in [7, 11) is 0. The number of carbonyl (C=O) groups excluding carboxylic acids is 2. The number of hydrogen-bond acceptors (Lipinski definition) is 4. The van der Waals surface area contributed by atoms with Crippen molar-refractivity contribution in [3.8, 4) is 0 Å². The number of aliphatic hydroxyl groups excluding tert-OH is 1. The van der Waals surface area contributed by atoms with Gasteiger partial charge in [0, 0.05) is 25.0 Å². The normalized spacial score (nSPS) is 13.5. The number of fused-ring (bicyclic) bond motifs is 1. The molecule has 1 N–H and O–H groups in total. The van der Waals surface area contributed by atoms with Crippen LogP contribution in [0.5, 0.6) is 0 Å². The maximum atomic E-state index is 12.1. The third-order valence-corrected chi connectivity index (χ3v) is 4.78. The van der Waals surface area contributed by atoms with Gasteiger partial charge in [-0.2, -0.15) is 11.8 Å². The first-order chi connectivity index (χ1) is 10.2. The van der Waals surface area contributed by atoms with Gasteiger partial charge in [0.05, 0.1) is 5.75 Å². The minimum Gasteiger partial charge on any atom is -0.396 e. The number of hydrogen-bond donors (Lipinski definition) is 1. The molecule has 0 aliphatic heterocycles. The zero-order chi connectivity index (χ0) is 15.1. The molecular weight excluding hydrogens is 284 g/mol. The van der Waals surface area contributed by atoms with Crippen LogP contribution in [-0.4, -0.2) is 34.8 Å². The minimum absolute atomic E-state index is 0.150. The van der Waals surface area contributed by atoms with Crippen LogP contribution in [0.1, 0.15) is 47.2 Å². The lowest BCUT2D eigenvalue weighted by Gasteiger charge is -2.04. The molecule has 1 aliphatic carbocycles. The predicted molar refractivity (Wildman–Crippen MR) is 86.1 cm³/mol. The van der Waals surface area contributed by atoms with Crippen molar-refractivity contribution in [3.63, 3.8) is 0 Å². The second-order valence-corrected chi connectivity index (χ2v) is 6.59. The highest BCUT2D eigenvalue weighted by molar-refractivity contribution is 7.99. The van der Waals surface area contributed by atoms with E-state index in [0.29, 0.717) is 18.6 Å². The van der Waals surface area contributed by atoms with Crippen molar-refractivity contribution in [2.45, 2.75) is 38.5 Å². The second-order valence-electron chi connectivity index (χ2n) is 5.49. The van der Waals surface area contributed by atoms with E-state index in [1.54, 1.807) is 11.8 Å². The van der Waals surface area contributed by atoms with E-state index in [1.165, 1.54) is 0 Å². The Labute approximate surface area is 130 Å². The van der Waals surface area contributed by atoms with Crippen LogP contribution in [0.4, 0.5) is 0 Å². The zero-order valence-corrected chi connectivity index (χ0v) is 13.1. The summed E-state index contributed by atoms with van der Waals surface area (Å²) in [6, 6.07) is 5.67. The molecule has 1 aromatic rings. The lowest BCUT2D eigenvalue weighted by molar-refractivity contribution is -0.117. The van der Waals surface area contributed by atoms with E-state index in [0.717, 1.165) is 48.1 Å². The van der Waals surface area contributed by atoms with Crippen molar-refractivity contribution in [2.24, 2.45) is 0 Å². The van der Waals surface area contributed by atoms with Gasteiger partial charge in [0.25, 0.3) is 0 Å². The monoisotopic (exact) mass is 306 g/mol. The van der Waals surface area contributed by atoms with Gasteiger partial charge >= 0.3 is 0 Å². The van der Waals surface area contributed by atoms with Crippen LogP contribution in [0.2, 0.25) is 0 Å². The first kappa shape index (κ1) is 16.2. The fraction of sp³-hybridized carbons (Fsp3) is 0.529. The van der Waals surface area contributed by atoms with Crippen molar-refractivity contribution in [1.82, 2.24) is 0 Å². The average Bonchev–Trinajstić information content (AvgIpc) is 2.85. The lowest BCUT2D eigenvalue weighted by Crippen LogP contribution is -2.04. The van der Waals surface area contributed by atoms with E-state index in [-0.39, 0.29) is 18.2 Å². The Bertz CT molecular complexity index is 511. The van der Waals surface area contributed by atoms with Crippen molar-refractivity contribution < 1.29 is 14.7 Å². The Balaban J connectivity index is 1.72. The molecule has 0 saturated carbocycles. The van der Waals surface area contributed by atoms with Gasteiger partial charge < -0.3 is 5.11 Å². The summed E-state index contributed by atoms with van der Waals surface area (Å²) in [5.74, 6) is 1.89. The Hall–Kier alpha value is -1.13. The van der Waals surface area contributed by atoms with Gasteiger partial charge in [0.2, 0.25) is 0 Å². The third-order valence-electron chi connectivity index (χ3n) is 3.73. The zero-order valence-electron chi connectivity index (χ0n) is 12.3. The molecule has 21 heavy (non-hydrogen) atoms. The van der Waals surface area contributed by atoms with Gasteiger partial charge in [-0.05, 0) is 35.8 Å². The van der Waals surface area contributed by atoms with Crippen LogP contribution in [0.3, 0.4) is 0 Å². The van der Waals surface area contributed by atoms with Gasteiger partial charge in [-0.15, -0.1) is 0 Å².